The number of allylic oxidation sites excluding steroid dienone is 5. The molecule has 2 aromatic rings. The third-order valence-electron chi connectivity index (χ3n) is 3.38. The fourth-order valence-electron chi connectivity index (χ4n) is 2.25. The first kappa shape index (κ1) is 16.3. The van der Waals surface area contributed by atoms with Crippen molar-refractivity contribution in [3.8, 4) is 5.69 Å². The molecule has 0 spiro atoms. The van der Waals surface area contributed by atoms with Gasteiger partial charge in [0.1, 0.15) is 0 Å². The van der Waals surface area contributed by atoms with Crippen molar-refractivity contribution in [3.63, 3.8) is 0 Å². The summed E-state index contributed by atoms with van der Waals surface area (Å²) in [5.74, 6) is 0. The SMILES string of the molecule is C=C(Br)/C=C\c1c(C)c(/C=C\C=C/C)cn1-c1ccccc1. The zero-order valence-corrected chi connectivity index (χ0v) is 14.5. The summed E-state index contributed by atoms with van der Waals surface area (Å²) in [6.45, 7) is 8.03. The van der Waals surface area contributed by atoms with E-state index in [1.807, 2.05) is 31.2 Å². The van der Waals surface area contributed by atoms with Crippen LogP contribution in [0.5, 0.6) is 0 Å². The molecule has 0 aliphatic carbocycles. The summed E-state index contributed by atoms with van der Waals surface area (Å²) >= 11 is 3.38. The molecule has 112 valence electrons. The molecule has 2 rings (SSSR count). The van der Waals surface area contributed by atoms with Gasteiger partial charge in [-0.3, -0.25) is 0 Å². The average molecular weight is 354 g/mol. The fraction of sp³-hybridized carbons (Fsp3) is 0.100. The van der Waals surface area contributed by atoms with Gasteiger partial charge < -0.3 is 4.57 Å². The van der Waals surface area contributed by atoms with Gasteiger partial charge in [-0.15, -0.1) is 0 Å². The van der Waals surface area contributed by atoms with Crippen LogP contribution in [0.3, 0.4) is 0 Å². The molecule has 1 nitrogen and oxygen atoms in total. The van der Waals surface area contributed by atoms with Gasteiger partial charge in [-0.2, -0.15) is 0 Å². The van der Waals surface area contributed by atoms with Crippen molar-refractivity contribution in [1.82, 2.24) is 4.57 Å². The van der Waals surface area contributed by atoms with Crippen LogP contribution in [0.15, 0.2) is 71.9 Å². The molecule has 0 radical (unpaired) electrons. The normalized spacial score (nSPS) is 12.0. The summed E-state index contributed by atoms with van der Waals surface area (Å²) in [7, 11) is 0. The minimum absolute atomic E-state index is 0.860. The second kappa shape index (κ2) is 7.81. The largest absolute Gasteiger partial charge is 0.316 e. The summed E-state index contributed by atoms with van der Waals surface area (Å²) in [6.07, 6.45) is 14.5. The van der Waals surface area contributed by atoms with Crippen LogP contribution < -0.4 is 0 Å². The lowest BCUT2D eigenvalue weighted by Crippen LogP contribution is -1.94. The molecular weight excluding hydrogens is 334 g/mol. The summed E-state index contributed by atoms with van der Waals surface area (Å²) in [6, 6.07) is 10.4. The Morgan fingerprint density at radius 3 is 2.50 bits per heavy atom. The van der Waals surface area contributed by atoms with Gasteiger partial charge in [-0.05, 0) is 49.3 Å². The average Bonchev–Trinajstić information content (AvgIpc) is 2.83. The smallest absolute Gasteiger partial charge is 0.0491 e. The number of benzene rings is 1. The van der Waals surface area contributed by atoms with Crippen LogP contribution in [0.4, 0.5) is 0 Å². The second-order valence-electron chi connectivity index (χ2n) is 4.97. The van der Waals surface area contributed by atoms with Crippen LogP contribution >= 0.6 is 15.9 Å². The predicted molar refractivity (Wildman–Crippen MR) is 101 cm³/mol. The van der Waals surface area contributed by atoms with Crippen LogP contribution in [-0.4, -0.2) is 4.57 Å². The number of nitrogens with zero attached hydrogens (tertiary/aromatic N) is 1. The Morgan fingerprint density at radius 2 is 1.86 bits per heavy atom. The first-order valence-electron chi connectivity index (χ1n) is 7.22. The number of hydrogen-bond donors (Lipinski definition) is 0. The molecule has 0 bridgehead atoms. The van der Waals surface area contributed by atoms with Gasteiger partial charge >= 0.3 is 0 Å². The maximum absolute atomic E-state index is 3.87. The summed E-state index contributed by atoms with van der Waals surface area (Å²) in [5.41, 5.74) is 4.76. The molecular formula is C20H20BrN. The maximum atomic E-state index is 3.87. The number of rotatable bonds is 5. The molecule has 1 heterocycles. The van der Waals surface area contributed by atoms with Crippen LogP contribution in [-0.2, 0) is 0 Å². The van der Waals surface area contributed by atoms with Crippen molar-refractivity contribution < 1.29 is 0 Å². The Labute approximate surface area is 141 Å². The van der Waals surface area contributed by atoms with Crippen molar-refractivity contribution in [2.75, 3.05) is 0 Å². The van der Waals surface area contributed by atoms with Crippen LogP contribution in [0.1, 0.15) is 23.7 Å². The van der Waals surface area contributed by atoms with E-state index < -0.39 is 0 Å². The zero-order valence-electron chi connectivity index (χ0n) is 13.0. The molecule has 0 aliphatic rings. The Morgan fingerprint density at radius 1 is 1.14 bits per heavy atom. The lowest BCUT2D eigenvalue weighted by molar-refractivity contribution is 1.06. The number of hydrogen-bond acceptors (Lipinski definition) is 0. The summed E-state index contributed by atoms with van der Waals surface area (Å²) in [5, 5.41) is 0. The van der Waals surface area contributed by atoms with Crippen LogP contribution in [0.2, 0.25) is 0 Å². The van der Waals surface area contributed by atoms with E-state index in [0.29, 0.717) is 0 Å². The first-order chi connectivity index (χ1) is 10.6. The van der Waals surface area contributed by atoms with Crippen molar-refractivity contribution in [2.24, 2.45) is 0 Å². The van der Waals surface area contributed by atoms with Gasteiger partial charge in [0.2, 0.25) is 0 Å². The van der Waals surface area contributed by atoms with E-state index in [2.05, 4.69) is 82.7 Å². The Balaban J connectivity index is 2.55. The van der Waals surface area contributed by atoms with E-state index in [-0.39, 0.29) is 0 Å². The molecule has 1 aromatic heterocycles. The minimum atomic E-state index is 0.860. The quantitative estimate of drug-likeness (QED) is 0.556. The standard InChI is InChI=1S/C20H20BrN/c1-4-5-7-10-18-15-22(19-11-8-6-9-12-19)20(17(18)3)14-13-16(2)21/h4-15H,2H2,1,3H3/b5-4-,10-7-,14-13-. The molecule has 2 heteroatoms. The highest BCUT2D eigenvalue weighted by molar-refractivity contribution is 9.11. The van der Waals surface area contributed by atoms with Gasteiger partial charge in [0.15, 0.2) is 0 Å². The molecule has 0 amide bonds. The minimum Gasteiger partial charge on any atom is -0.316 e. The molecule has 0 fully saturated rings. The molecule has 0 aliphatic heterocycles. The van der Waals surface area contributed by atoms with E-state index in [1.54, 1.807) is 0 Å². The first-order valence-corrected chi connectivity index (χ1v) is 8.02. The molecule has 0 N–H and O–H groups in total. The highest BCUT2D eigenvalue weighted by Crippen LogP contribution is 2.24. The molecule has 0 saturated heterocycles. The van der Waals surface area contributed by atoms with Crippen molar-refractivity contribution in [2.45, 2.75) is 13.8 Å². The maximum Gasteiger partial charge on any atom is 0.0491 e. The lowest BCUT2D eigenvalue weighted by atomic mass is 10.1. The van der Waals surface area contributed by atoms with E-state index in [0.717, 1.165) is 15.9 Å². The monoisotopic (exact) mass is 353 g/mol. The number of halogens is 1. The van der Waals surface area contributed by atoms with Gasteiger partial charge in [0.05, 0.1) is 0 Å². The van der Waals surface area contributed by atoms with Gasteiger partial charge in [0, 0.05) is 22.1 Å². The molecule has 1 aromatic carbocycles. The van der Waals surface area contributed by atoms with Crippen molar-refractivity contribution in [1.29, 1.82) is 0 Å². The lowest BCUT2D eigenvalue weighted by Gasteiger charge is -2.06. The van der Waals surface area contributed by atoms with Gasteiger partial charge in [-0.25, -0.2) is 0 Å². The predicted octanol–water partition coefficient (Wildman–Crippen LogP) is 6.30. The third-order valence-corrected chi connectivity index (χ3v) is 3.65. The van der Waals surface area contributed by atoms with E-state index in [9.17, 15) is 0 Å². The fourth-order valence-corrected chi connectivity index (χ4v) is 2.38. The van der Waals surface area contributed by atoms with Crippen molar-refractivity contribution >= 4 is 28.1 Å². The van der Waals surface area contributed by atoms with Crippen LogP contribution in [0.25, 0.3) is 17.8 Å². The summed E-state index contributed by atoms with van der Waals surface area (Å²) < 4.78 is 3.07. The summed E-state index contributed by atoms with van der Waals surface area (Å²) in [4.78, 5) is 0. The van der Waals surface area contributed by atoms with Crippen LogP contribution in [0, 0.1) is 6.92 Å². The number of aromatic nitrogens is 1. The zero-order chi connectivity index (χ0) is 15.9. The highest BCUT2D eigenvalue weighted by Gasteiger charge is 2.09. The topological polar surface area (TPSA) is 4.93 Å². The van der Waals surface area contributed by atoms with Gasteiger partial charge in [-0.1, -0.05) is 65.0 Å². The van der Waals surface area contributed by atoms with Crippen molar-refractivity contribution in [3.05, 3.63) is 88.7 Å². The molecule has 0 unspecified atom stereocenters. The van der Waals surface area contributed by atoms with E-state index in [4.69, 9.17) is 0 Å². The Hall–Kier alpha value is -2.06. The third kappa shape index (κ3) is 3.99. The molecule has 0 saturated carbocycles. The second-order valence-corrected chi connectivity index (χ2v) is 5.98. The molecule has 22 heavy (non-hydrogen) atoms. The van der Waals surface area contributed by atoms with Gasteiger partial charge in [0.25, 0.3) is 0 Å². The number of para-hydroxylation sites is 1. The van der Waals surface area contributed by atoms with E-state index >= 15 is 0 Å². The Kier molecular flexibility index (Phi) is 5.79. The Bertz CT molecular complexity index is 731. The van der Waals surface area contributed by atoms with E-state index in [1.165, 1.54) is 11.1 Å². The highest BCUT2D eigenvalue weighted by atomic mass is 79.9. The molecule has 0 atom stereocenters.